The van der Waals surface area contributed by atoms with Gasteiger partial charge in [-0.15, -0.1) is 0 Å². The van der Waals surface area contributed by atoms with Gasteiger partial charge in [-0.2, -0.15) is 0 Å². The Balaban J connectivity index is -0.0000000720. The molecule has 0 rings (SSSR count). The number of hydrogen-bond acceptors (Lipinski definition) is 4. The number of carbonyl (C=O) groups is 1. The van der Waals surface area contributed by atoms with Gasteiger partial charge in [0.05, 0.1) is 0 Å². The van der Waals surface area contributed by atoms with Crippen molar-refractivity contribution >= 4 is 17.0 Å². The van der Waals surface area contributed by atoms with Crippen LogP contribution in [0.25, 0.3) is 0 Å². The summed E-state index contributed by atoms with van der Waals surface area (Å²) in [5.41, 5.74) is 0. The molecule has 0 heterocycles. The van der Waals surface area contributed by atoms with Crippen LogP contribution in [0.3, 0.4) is 0 Å². The molecule has 0 bridgehead atoms. The van der Waals surface area contributed by atoms with E-state index >= 15 is 0 Å². The second-order valence-electron chi connectivity index (χ2n) is 0.736. The monoisotopic (exact) mass is 164 g/mol. The Hall–Kier alpha value is 0.380. The number of aliphatic carboxylic acids is 1. The molecule has 0 saturated heterocycles. The molecule has 50 valence electrons. The third-order valence-electron chi connectivity index (χ3n) is 0. The van der Waals surface area contributed by atoms with Crippen molar-refractivity contribution in [3.63, 3.8) is 0 Å². The smallest absolute Gasteiger partial charge is 0.481 e. The van der Waals surface area contributed by atoms with Crippen molar-refractivity contribution in [1.82, 2.24) is 0 Å². The zero-order chi connectivity index (χ0) is 7.15. The Morgan fingerprint density at radius 1 is 1.44 bits per heavy atom. The fourth-order valence-electron chi connectivity index (χ4n) is 0. The van der Waals surface area contributed by atoms with Gasteiger partial charge < -0.3 is 18.1 Å². The van der Waals surface area contributed by atoms with Crippen molar-refractivity contribution in [3.8, 4) is 0 Å². The first-order valence-electron chi connectivity index (χ1n) is 1.44. The average Bonchev–Trinajstić information content (AvgIpc) is 1.25. The molecule has 2 N–H and O–H groups in total. The van der Waals surface area contributed by atoms with Gasteiger partial charge >= 0.3 is 29.6 Å². The molecule has 0 aromatic rings. The first-order valence-corrected chi connectivity index (χ1v) is 2.48. The summed E-state index contributed by atoms with van der Waals surface area (Å²) in [6.45, 7) is 1.08. The molecule has 0 amide bonds. The Morgan fingerprint density at radius 3 is 1.44 bits per heavy atom. The molecule has 0 aromatic heterocycles. The van der Waals surface area contributed by atoms with Crippen LogP contribution in [0, 0.1) is 0 Å². The van der Waals surface area contributed by atoms with Gasteiger partial charge in [0, 0.05) is 17.9 Å². The molecule has 0 unspecified atom stereocenters. The van der Waals surface area contributed by atoms with Crippen LogP contribution >= 0.6 is 0 Å². The molecule has 5 nitrogen and oxygen atoms in total. The van der Waals surface area contributed by atoms with Gasteiger partial charge in [-0.3, -0.25) is 4.79 Å². The number of carboxylic acid groups (broad SMARTS) is 1. The Kier molecular flexibility index (Phi) is 20.2. The van der Waals surface area contributed by atoms with Crippen molar-refractivity contribution in [2.45, 2.75) is 6.92 Å². The molecule has 0 aliphatic heterocycles. The van der Waals surface area contributed by atoms with E-state index in [2.05, 4.69) is 0 Å². The number of rotatable bonds is 0. The summed E-state index contributed by atoms with van der Waals surface area (Å²) in [6.07, 6.45) is 0. The maximum Gasteiger partial charge on any atom is 1.00 e. The summed E-state index contributed by atoms with van der Waals surface area (Å²) in [6, 6.07) is 0. The van der Waals surface area contributed by atoms with Crippen LogP contribution in [0.2, 0.25) is 0 Å². The standard InChI is InChI=1S/C2H4O2.Na.HO3S/c1-2(3)4;;1-4(2)3/h1H3,(H,3,4);;(H,1,2,3)/q;+1;-1. The van der Waals surface area contributed by atoms with Gasteiger partial charge in [0.25, 0.3) is 5.97 Å². The largest absolute Gasteiger partial charge is 1.00 e. The second kappa shape index (κ2) is 11.2. The predicted molar refractivity (Wildman–Crippen MR) is 24.7 cm³/mol. The minimum Gasteiger partial charge on any atom is -0.481 e. The van der Waals surface area contributed by atoms with Gasteiger partial charge in [0.15, 0.2) is 0 Å². The quantitative estimate of drug-likeness (QED) is 0.171. The van der Waals surface area contributed by atoms with E-state index in [9.17, 15) is 0 Å². The first kappa shape index (κ1) is 16.2. The first-order chi connectivity index (χ1) is 3.46. The molecule has 7 heteroatoms. The van der Waals surface area contributed by atoms with Crippen molar-refractivity contribution in [2.24, 2.45) is 0 Å². The molecule has 0 aromatic carbocycles. The summed E-state index contributed by atoms with van der Waals surface area (Å²) in [5, 5.41) is 7.42. The van der Waals surface area contributed by atoms with Crippen LogP contribution in [-0.4, -0.2) is 15.6 Å². The Labute approximate surface area is 76.1 Å². The van der Waals surface area contributed by atoms with E-state index in [1.54, 1.807) is 0 Å². The molecular weight excluding hydrogens is 159 g/mol. The summed E-state index contributed by atoms with van der Waals surface area (Å²) in [5.74, 6) is -0.833. The summed E-state index contributed by atoms with van der Waals surface area (Å²) < 4.78 is 24.1. The fraction of sp³-hybridized carbons (Fsp3) is 0.500. The maximum atomic E-state index is 9.00. The van der Waals surface area contributed by atoms with Crippen LogP contribution in [-0.2, 0) is 24.2 Å². The average molecular weight is 164 g/mol. The predicted octanol–water partition coefficient (Wildman–Crippen LogP) is -3.14. The normalized spacial score (nSPS) is 6.56. The summed E-state index contributed by atoms with van der Waals surface area (Å²) >= 11 is 0. The van der Waals surface area contributed by atoms with Crippen molar-refractivity contribution in [1.29, 1.82) is 0 Å². The van der Waals surface area contributed by atoms with Crippen LogP contribution in [0.5, 0.6) is 0 Å². The van der Waals surface area contributed by atoms with Crippen molar-refractivity contribution in [2.75, 3.05) is 0 Å². The molecule has 0 spiro atoms. The van der Waals surface area contributed by atoms with Gasteiger partial charge in [-0.1, -0.05) is 0 Å². The van der Waals surface area contributed by atoms with Gasteiger partial charge in [-0.25, -0.2) is 0 Å². The maximum absolute atomic E-state index is 9.00. The molecule has 9 heavy (non-hydrogen) atoms. The van der Waals surface area contributed by atoms with Crippen LogP contribution in [0.15, 0.2) is 0 Å². The SMILES string of the molecule is CC(=O)O.O=[S-](=O)O.[Na+]. The van der Waals surface area contributed by atoms with Crippen molar-refractivity contribution < 1.29 is 52.4 Å². The third kappa shape index (κ3) is 2360. The summed E-state index contributed by atoms with van der Waals surface area (Å²) in [4.78, 5) is 9.00. The van der Waals surface area contributed by atoms with E-state index in [1.807, 2.05) is 0 Å². The van der Waals surface area contributed by atoms with Crippen LogP contribution in [0.1, 0.15) is 6.92 Å². The fourth-order valence-corrected chi connectivity index (χ4v) is 0. The molecular formula is C2H5NaO5S. The van der Waals surface area contributed by atoms with Crippen LogP contribution < -0.4 is 29.6 Å². The second-order valence-corrected chi connectivity index (χ2v) is 1.17. The van der Waals surface area contributed by atoms with E-state index in [-0.39, 0.29) is 29.6 Å². The van der Waals surface area contributed by atoms with Gasteiger partial charge in [0.1, 0.15) is 0 Å². The summed E-state index contributed by atoms with van der Waals surface area (Å²) in [7, 11) is -2.86. The Morgan fingerprint density at radius 2 is 1.44 bits per heavy atom. The van der Waals surface area contributed by atoms with E-state index in [1.165, 1.54) is 0 Å². The molecule has 0 fully saturated rings. The molecule has 0 atom stereocenters. The van der Waals surface area contributed by atoms with E-state index < -0.39 is 17.0 Å². The number of hydrogen-bond donors (Lipinski definition) is 2. The van der Waals surface area contributed by atoms with E-state index in [0.29, 0.717) is 0 Å². The minimum absolute atomic E-state index is 0. The van der Waals surface area contributed by atoms with Crippen LogP contribution in [0.4, 0.5) is 0 Å². The van der Waals surface area contributed by atoms with E-state index in [0.717, 1.165) is 6.92 Å². The third-order valence-corrected chi connectivity index (χ3v) is 0. The van der Waals surface area contributed by atoms with Gasteiger partial charge in [-0.05, 0) is 0 Å². The number of carboxylic acids is 1. The van der Waals surface area contributed by atoms with Crippen molar-refractivity contribution in [3.05, 3.63) is 0 Å². The Bertz CT molecular complexity index is 117. The molecule has 0 aliphatic rings. The molecule has 0 aliphatic carbocycles. The molecule has 0 saturated carbocycles. The van der Waals surface area contributed by atoms with E-state index in [4.69, 9.17) is 22.9 Å². The molecule has 0 radical (unpaired) electrons. The van der Waals surface area contributed by atoms with Gasteiger partial charge in [0.2, 0.25) is 0 Å². The minimum atomic E-state index is -2.86. The topological polar surface area (TPSA) is 91.7 Å². The zero-order valence-electron chi connectivity index (χ0n) is 5.03. The zero-order valence-corrected chi connectivity index (χ0v) is 7.84.